The number of nitrogens with zero attached hydrogens (tertiary/aromatic N) is 7. The third-order valence-electron chi connectivity index (χ3n) is 21.9. The van der Waals surface area contributed by atoms with Crippen LogP contribution in [-0.2, 0) is 52.7 Å². The van der Waals surface area contributed by atoms with Gasteiger partial charge >= 0.3 is 6.18 Å². The molecule has 22 nitrogen and oxygen atoms in total. The molecule has 12 atom stereocenters. The summed E-state index contributed by atoms with van der Waals surface area (Å²) in [6.45, 7) is 8.25. The summed E-state index contributed by atoms with van der Waals surface area (Å²) in [5.41, 5.74) is -1.45. The van der Waals surface area contributed by atoms with Crippen molar-refractivity contribution in [3.63, 3.8) is 0 Å². The lowest BCUT2D eigenvalue weighted by molar-refractivity contribution is -0.182. The lowest BCUT2D eigenvalue weighted by atomic mass is 9.78. The van der Waals surface area contributed by atoms with E-state index in [0.717, 1.165) is 43.4 Å². The first-order valence-electron chi connectivity index (χ1n) is 34.2. The monoisotopic (exact) mass is 1320 g/mol. The molecule has 518 valence electrons. The highest BCUT2D eigenvalue weighted by Gasteiger charge is 2.52. The summed E-state index contributed by atoms with van der Waals surface area (Å²) in [4.78, 5) is 170. The van der Waals surface area contributed by atoms with E-state index in [9.17, 15) is 46.7 Å². The van der Waals surface area contributed by atoms with Crippen LogP contribution in [0.1, 0.15) is 189 Å². The minimum absolute atomic E-state index is 0.0212. The molecular formula is C66H105ClF3N11O11. The molecule has 4 aliphatic carbocycles. The van der Waals surface area contributed by atoms with Crippen molar-refractivity contribution in [2.45, 2.75) is 254 Å². The van der Waals surface area contributed by atoms with Crippen LogP contribution in [0.5, 0.6) is 0 Å². The number of likely N-dealkylation sites (N-methyl/N-ethyl adjacent to an activating group) is 5. The molecule has 7 fully saturated rings. The van der Waals surface area contributed by atoms with Gasteiger partial charge in [-0.15, -0.1) is 11.6 Å². The topological polar surface area (TPSA) is 259 Å². The van der Waals surface area contributed by atoms with E-state index in [1.165, 1.54) is 64.5 Å². The van der Waals surface area contributed by atoms with E-state index in [2.05, 4.69) is 28.2 Å². The Morgan fingerprint density at radius 1 is 0.587 bits per heavy atom. The van der Waals surface area contributed by atoms with Crippen LogP contribution in [0, 0.1) is 35.5 Å². The third-order valence-corrected chi connectivity index (χ3v) is 22.4. The number of carbonyl (C=O) groups excluding carboxylic acids is 11. The summed E-state index contributed by atoms with van der Waals surface area (Å²) in [6, 6.07) is -8.51. The zero-order valence-corrected chi connectivity index (χ0v) is 56.8. The van der Waals surface area contributed by atoms with Crippen molar-refractivity contribution in [1.82, 2.24) is 55.6 Å². The third kappa shape index (κ3) is 17.8. The van der Waals surface area contributed by atoms with Gasteiger partial charge in [-0.3, -0.25) is 52.7 Å². The highest BCUT2D eigenvalue weighted by atomic mass is 35.5. The molecular weight excluding hydrogens is 1220 g/mol. The molecule has 3 saturated heterocycles. The molecule has 7 rings (SSSR count). The zero-order chi connectivity index (χ0) is 67.7. The second-order valence-electron chi connectivity index (χ2n) is 28.5. The molecule has 0 aromatic rings. The molecule has 3 aliphatic heterocycles. The van der Waals surface area contributed by atoms with E-state index in [1.807, 2.05) is 6.92 Å². The van der Waals surface area contributed by atoms with Gasteiger partial charge in [-0.1, -0.05) is 78.6 Å². The summed E-state index contributed by atoms with van der Waals surface area (Å²) in [6.07, 6.45) is 5.46. The van der Waals surface area contributed by atoms with Crippen molar-refractivity contribution in [2.24, 2.45) is 35.5 Å². The van der Waals surface area contributed by atoms with E-state index < -0.39 is 155 Å². The van der Waals surface area contributed by atoms with Crippen LogP contribution in [0.3, 0.4) is 0 Å². The maximum atomic E-state index is 15.3. The van der Waals surface area contributed by atoms with Crippen LogP contribution in [0.4, 0.5) is 13.2 Å². The van der Waals surface area contributed by atoms with E-state index in [4.69, 9.17) is 11.6 Å². The lowest BCUT2D eigenvalue weighted by Gasteiger charge is -2.40. The zero-order valence-electron chi connectivity index (χ0n) is 56.1. The van der Waals surface area contributed by atoms with E-state index >= 15 is 19.2 Å². The summed E-state index contributed by atoms with van der Waals surface area (Å²) in [5, 5.41) is 10.6. The Labute approximate surface area is 547 Å². The Morgan fingerprint density at radius 2 is 1.17 bits per heavy atom. The second kappa shape index (κ2) is 32.1. The van der Waals surface area contributed by atoms with Crippen LogP contribution in [-0.4, -0.2) is 226 Å². The summed E-state index contributed by atoms with van der Waals surface area (Å²) >= 11 is 6.41. The first-order chi connectivity index (χ1) is 43.4. The number of rotatable bonds is 8. The first kappa shape index (κ1) is 73.7. The van der Waals surface area contributed by atoms with Crippen molar-refractivity contribution in [3.8, 4) is 0 Å². The number of alkyl halides is 4. The smallest absolute Gasteiger partial charge is 0.351 e. The van der Waals surface area contributed by atoms with Crippen molar-refractivity contribution in [1.29, 1.82) is 0 Å². The molecule has 0 aromatic carbocycles. The average molecular weight is 1320 g/mol. The van der Waals surface area contributed by atoms with Gasteiger partial charge in [0.15, 0.2) is 0 Å². The van der Waals surface area contributed by atoms with Crippen molar-refractivity contribution in [3.05, 3.63) is 0 Å². The van der Waals surface area contributed by atoms with E-state index in [0.29, 0.717) is 50.9 Å². The minimum atomic E-state index is -4.49. The molecule has 3 unspecified atom stereocenters. The Hall–Kier alpha value is -5.75. The fourth-order valence-corrected chi connectivity index (χ4v) is 16.1. The van der Waals surface area contributed by atoms with Gasteiger partial charge in [0.2, 0.25) is 65.0 Å². The molecule has 4 saturated carbocycles. The van der Waals surface area contributed by atoms with Crippen molar-refractivity contribution in [2.75, 3.05) is 61.4 Å². The van der Waals surface area contributed by atoms with Gasteiger partial charge in [0.05, 0.1) is 19.0 Å². The molecule has 1 spiro atoms. The van der Waals surface area contributed by atoms with Crippen molar-refractivity contribution >= 4 is 76.6 Å². The molecule has 92 heavy (non-hydrogen) atoms. The molecule has 0 bridgehead atoms. The van der Waals surface area contributed by atoms with E-state index in [-0.39, 0.29) is 101 Å². The molecule has 0 aromatic heterocycles. The predicted molar refractivity (Wildman–Crippen MR) is 338 cm³/mol. The Kier molecular flexibility index (Phi) is 25.7. The largest absolute Gasteiger partial charge is 0.393 e. The number of hydrogen-bond donors (Lipinski definition) is 4. The number of hydrogen-bond acceptors (Lipinski definition) is 11. The van der Waals surface area contributed by atoms with Gasteiger partial charge in [0, 0.05) is 66.2 Å². The average Bonchev–Trinajstić information content (AvgIpc) is 1.53. The van der Waals surface area contributed by atoms with Crippen LogP contribution in [0.2, 0.25) is 0 Å². The SMILES string of the molecule is CC[C@H](C)[C@@H]1NC(=O)[C@H](C)N(C)C(=O)C[C@@H](C)NC(=O)[C@H](C2CCCC2)N(C)C(=O)C2(CCCC2)NC(=O)[C@@H]2CCCN2C(=O)[C@H](CCC2CCC(C(F)(F)F)C(Cl)C2)NC(=O)[C@H]2CCCN2C(=O)[C@H](CC2CCC(C)CC2)N(C)C(=O)CN(C)C(=O)CN(C)C1=O. The molecule has 26 heteroatoms. The first-order valence-corrected chi connectivity index (χ1v) is 34.6. The van der Waals surface area contributed by atoms with E-state index in [1.54, 1.807) is 20.9 Å². The predicted octanol–water partition coefficient (Wildman–Crippen LogP) is 5.51. The van der Waals surface area contributed by atoms with Gasteiger partial charge in [0.1, 0.15) is 47.8 Å². The summed E-state index contributed by atoms with van der Waals surface area (Å²) < 4.78 is 42.0. The lowest BCUT2D eigenvalue weighted by Crippen LogP contribution is -2.64. The maximum absolute atomic E-state index is 15.3. The molecule has 11 amide bonds. The Bertz CT molecular complexity index is 2670. The standard InChI is InChI=1S/C66H105ClF3N11O11/c1-11-40(3)55-63(91)76(7)37-53(83)75(6)38-54(84)78(9)51(36-44-24-22-39(2)23-25-44)62(90)81-33-16-20-49(81)58(86)72-48(29-27-43-26-28-46(47(67)35-43)66(68,69)70)61(89)80-32-17-21-50(80)59(87)74-65(30-14-15-31-65)64(92)79(10)56(45-18-12-13-19-45)60(88)71-41(4)34-52(82)77(8)42(5)57(85)73-55/h39-51,55-56H,11-38H2,1-10H3,(H,71,88)(H,72,86)(H,73,85)(H,74,87)/t39?,40-,41+,42-,43?,44?,46?,47?,48-,49+,50-,51-,55-,56-/m0/s1. The minimum Gasteiger partial charge on any atom is -0.351 e. The van der Waals surface area contributed by atoms with Gasteiger partial charge in [-0.25, -0.2) is 0 Å². The van der Waals surface area contributed by atoms with Crippen LogP contribution in [0.15, 0.2) is 0 Å². The highest BCUT2D eigenvalue weighted by Crippen LogP contribution is 2.44. The fraction of sp³-hybridized carbons (Fsp3) is 0.833. The van der Waals surface area contributed by atoms with Gasteiger partial charge < -0.3 is 55.6 Å². The number of carbonyl (C=O) groups is 11. The summed E-state index contributed by atoms with van der Waals surface area (Å²) in [7, 11) is 7.31. The highest BCUT2D eigenvalue weighted by molar-refractivity contribution is 6.20. The molecule has 0 radical (unpaired) electrons. The quantitative estimate of drug-likeness (QED) is 0.220. The normalized spacial score (nSPS) is 33.2. The number of nitrogens with one attached hydrogen (secondary N) is 4. The van der Waals surface area contributed by atoms with Gasteiger partial charge in [0.25, 0.3) is 0 Å². The fourth-order valence-electron chi connectivity index (χ4n) is 15.5. The Morgan fingerprint density at radius 3 is 1.77 bits per heavy atom. The molecule has 4 N–H and O–H groups in total. The van der Waals surface area contributed by atoms with Crippen LogP contribution in [0.25, 0.3) is 0 Å². The Balaban J connectivity index is 1.22. The van der Waals surface area contributed by atoms with Gasteiger partial charge in [-0.2, -0.15) is 13.2 Å². The number of amides is 11. The van der Waals surface area contributed by atoms with Crippen LogP contribution < -0.4 is 21.3 Å². The second-order valence-corrected chi connectivity index (χ2v) is 29.1. The van der Waals surface area contributed by atoms with Gasteiger partial charge in [-0.05, 0) is 133 Å². The maximum Gasteiger partial charge on any atom is 0.393 e. The molecule has 3 heterocycles. The molecule has 7 aliphatic rings. The number of fused-ring (bicyclic) bond motifs is 2. The van der Waals surface area contributed by atoms with Crippen LogP contribution >= 0.6 is 11.6 Å². The van der Waals surface area contributed by atoms with Crippen molar-refractivity contribution < 1.29 is 65.9 Å². The number of halogens is 4. The summed E-state index contributed by atoms with van der Waals surface area (Å²) in [5.74, 6) is -8.38.